The monoisotopic (exact) mass is 265 g/mol. The topological polar surface area (TPSA) is 45.2 Å². The largest absolute Gasteiger partial charge is 0.508 e. The Kier molecular flexibility index (Phi) is 3.17. The van der Waals surface area contributed by atoms with E-state index in [1.165, 1.54) is 0 Å². The molecule has 0 unspecified atom stereocenters. The van der Waals surface area contributed by atoms with E-state index in [0.717, 1.165) is 22.4 Å². The summed E-state index contributed by atoms with van der Waals surface area (Å²) in [6, 6.07) is 17.3. The molecule has 0 radical (unpaired) electrons. The number of phenolic OH excluding ortho intramolecular Hbond substituents is 1. The summed E-state index contributed by atoms with van der Waals surface area (Å²) in [4.78, 5) is 3.27. The van der Waals surface area contributed by atoms with Crippen molar-refractivity contribution in [1.29, 1.82) is 0 Å². The molecule has 0 fully saturated rings. The van der Waals surface area contributed by atoms with Crippen molar-refractivity contribution in [1.82, 2.24) is 4.98 Å². The van der Waals surface area contributed by atoms with Gasteiger partial charge < -0.3 is 14.8 Å². The maximum absolute atomic E-state index is 9.51. The summed E-state index contributed by atoms with van der Waals surface area (Å²) in [5.74, 6) is 0.855. The SMILES string of the molecule is COc1cc(O)ccc1-c1c[nH]c(-c2ccccc2)c1. The number of aromatic hydroxyl groups is 1. The first kappa shape index (κ1) is 12.4. The molecule has 0 aliphatic carbocycles. The first-order chi connectivity index (χ1) is 9.78. The molecule has 1 aromatic heterocycles. The molecule has 100 valence electrons. The Morgan fingerprint density at radius 1 is 0.950 bits per heavy atom. The molecule has 0 bridgehead atoms. The first-order valence-electron chi connectivity index (χ1n) is 6.39. The Hall–Kier alpha value is -2.68. The Morgan fingerprint density at radius 3 is 2.50 bits per heavy atom. The normalized spacial score (nSPS) is 10.4. The van der Waals surface area contributed by atoms with Gasteiger partial charge in [0.1, 0.15) is 11.5 Å². The standard InChI is InChI=1S/C17H15NO2/c1-20-17-10-14(19)7-8-15(17)13-9-16(18-11-13)12-5-3-2-4-6-12/h2-11,18-19H,1H3. The van der Waals surface area contributed by atoms with Crippen LogP contribution in [0.25, 0.3) is 22.4 Å². The fraction of sp³-hybridized carbons (Fsp3) is 0.0588. The number of methoxy groups -OCH3 is 1. The molecular weight excluding hydrogens is 250 g/mol. The molecule has 0 saturated carbocycles. The van der Waals surface area contributed by atoms with Crippen LogP contribution in [0.4, 0.5) is 0 Å². The number of rotatable bonds is 3. The van der Waals surface area contributed by atoms with Gasteiger partial charge in [0.25, 0.3) is 0 Å². The zero-order valence-corrected chi connectivity index (χ0v) is 11.1. The van der Waals surface area contributed by atoms with E-state index >= 15 is 0 Å². The van der Waals surface area contributed by atoms with E-state index in [-0.39, 0.29) is 5.75 Å². The maximum Gasteiger partial charge on any atom is 0.130 e. The number of nitrogens with one attached hydrogen (secondary N) is 1. The maximum atomic E-state index is 9.51. The lowest BCUT2D eigenvalue weighted by Gasteiger charge is -2.07. The molecule has 3 nitrogen and oxygen atoms in total. The van der Waals surface area contributed by atoms with Gasteiger partial charge in [-0.2, -0.15) is 0 Å². The highest BCUT2D eigenvalue weighted by molar-refractivity contribution is 5.76. The van der Waals surface area contributed by atoms with Crippen molar-refractivity contribution in [2.75, 3.05) is 7.11 Å². The molecule has 3 rings (SSSR count). The first-order valence-corrected chi connectivity index (χ1v) is 6.39. The minimum atomic E-state index is 0.199. The molecule has 20 heavy (non-hydrogen) atoms. The van der Waals surface area contributed by atoms with E-state index in [4.69, 9.17) is 4.74 Å². The highest BCUT2D eigenvalue weighted by Crippen LogP contribution is 2.34. The summed E-state index contributed by atoms with van der Waals surface area (Å²) in [6.07, 6.45) is 1.94. The molecule has 2 aromatic carbocycles. The Bertz CT molecular complexity index is 717. The van der Waals surface area contributed by atoms with Gasteiger partial charge in [0.15, 0.2) is 0 Å². The highest BCUT2D eigenvalue weighted by Gasteiger charge is 2.09. The van der Waals surface area contributed by atoms with Crippen molar-refractivity contribution < 1.29 is 9.84 Å². The van der Waals surface area contributed by atoms with Crippen molar-refractivity contribution >= 4 is 0 Å². The molecule has 0 aliphatic rings. The Morgan fingerprint density at radius 2 is 1.75 bits per heavy atom. The van der Waals surface area contributed by atoms with Crippen LogP contribution in [0, 0.1) is 0 Å². The molecule has 0 aliphatic heterocycles. The quantitative estimate of drug-likeness (QED) is 0.750. The van der Waals surface area contributed by atoms with E-state index in [2.05, 4.69) is 23.2 Å². The molecule has 0 amide bonds. The highest BCUT2D eigenvalue weighted by atomic mass is 16.5. The lowest BCUT2D eigenvalue weighted by molar-refractivity contribution is 0.409. The fourth-order valence-corrected chi connectivity index (χ4v) is 2.25. The van der Waals surface area contributed by atoms with Gasteiger partial charge in [0, 0.05) is 29.1 Å². The van der Waals surface area contributed by atoms with Crippen LogP contribution in [0.3, 0.4) is 0 Å². The van der Waals surface area contributed by atoms with Gasteiger partial charge in [-0.1, -0.05) is 30.3 Å². The molecule has 0 saturated heterocycles. The number of hydrogen-bond acceptors (Lipinski definition) is 2. The van der Waals surface area contributed by atoms with Gasteiger partial charge in [-0.05, 0) is 23.8 Å². The second-order valence-corrected chi connectivity index (χ2v) is 4.55. The number of phenols is 1. The van der Waals surface area contributed by atoms with E-state index in [0.29, 0.717) is 5.75 Å². The third-order valence-electron chi connectivity index (χ3n) is 3.26. The summed E-state index contributed by atoms with van der Waals surface area (Å²) < 4.78 is 5.32. The van der Waals surface area contributed by atoms with Crippen molar-refractivity contribution in [2.45, 2.75) is 0 Å². The minimum Gasteiger partial charge on any atom is -0.508 e. The summed E-state index contributed by atoms with van der Waals surface area (Å²) in [6.45, 7) is 0. The predicted molar refractivity (Wildman–Crippen MR) is 79.9 cm³/mol. The zero-order chi connectivity index (χ0) is 13.9. The van der Waals surface area contributed by atoms with Gasteiger partial charge in [-0.25, -0.2) is 0 Å². The van der Waals surface area contributed by atoms with Gasteiger partial charge in [0.05, 0.1) is 7.11 Å². The summed E-state index contributed by atoms with van der Waals surface area (Å²) >= 11 is 0. The zero-order valence-electron chi connectivity index (χ0n) is 11.1. The van der Waals surface area contributed by atoms with Crippen molar-refractivity contribution in [2.24, 2.45) is 0 Å². The predicted octanol–water partition coefficient (Wildman–Crippen LogP) is 4.06. The second-order valence-electron chi connectivity index (χ2n) is 4.55. The molecule has 3 heteroatoms. The number of aromatic amines is 1. The van der Waals surface area contributed by atoms with Gasteiger partial charge in [-0.15, -0.1) is 0 Å². The van der Waals surface area contributed by atoms with Crippen LogP contribution in [0.15, 0.2) is 60.8 Å². The fourth-order valence-electron chi connectivity index (χ4n) is 2.25. The number of H-pyrrole nitrogens is 1. The van der Waals surface area contributed by atoms with Crippen molar-refractivity contribution in [3.8, 4) is 33.9 Å². The second kappa shape index (κ2) is 5.13. The lowest BCUT2D eigenvalue weighted by atomic mass is 10.1. The van der Waals surface area contributed by atoms with Crippen LogP contribution in [-0.2, 0) is 0 Å². The van der Waals surface area contributed by atoms with Crippen LogP contribution in [-0.4, -0.2) is 17.2 Å². The van der Waals surface area contributed by atoms with E-state index in [1.54, 1.807) is 19.2 Å². The summed E-state index contributed by atoms with van der Waals surface area (Å²) in [5, 5.41) is 9.51. The molecule has 0 spiro atoms. The third kappa shape index (κ3) is 2.26. The average Bonchev–Trinajstić information content (AvgIpc) is 2.97. The summed E-state index contributed by atoms with van der Waals surface area (Å²) in [7, 11) is 1.60. The minimum absolute atomic E-state index is 0.199. The third-order valence-corrected chi connectivity index (χ3v) is 3.26. The molecule has 0 atom stereocenters. The van der Waals surface area contributed by atoms with Crippen molar-refractivity contribution in [3.05, 3.63) is 60.8 Å². The summed E-state index contributed by atoms with van der Waals surface area (Å²) in [5.41, 5.74) is 4.16. The van der Waals surface area contributed by atoms with Crippen LogP contribution >= 0.6 is 0 Å². The van der Waals surface area contributed by atoms with E-state index < -0.39 is 0 Å². The number of benzene rings is 2. The smallest absolute Gasteiger partial charge is 0.130 e. The number of hydrogen-bond donors (Lipinski definition) is 2. The average molecular weight is 265 g/mol. The van der Waals surface area contributed by atoms with Crippen LogP contribution in [0.5, 0.6) is 11.5 Å². The van der Waals surface area contributed by atoms with E-state index in [1.807, 2.05) is 30.5 Å². The molecular formula is C17H15NO2. The van der Waals surface area contributed by atoms with Gasteiger partial charge >= 0.3 is 0 Å². The van der Waals surface area contributed by atoms with Crippen LogP contribution in [0.1, 0.15) is 0 Å². The Labute approximate surface area is 117 Å². The van der Waals surface area contributed by atoms with Gasteiger partial charge in [-0.3, -0.25) is 0 Å². The number of ether oxygens (including phenoxy) is 1. The van der Waals surface area contributed by atoms with Gasteiger partial charge in [0.2, 0.25) is 0 Å². The molecule has 2 N–H and O–H groups in total. The molecule has 3 aromatic rings. The van der Waals surface area contributed by atoms with Crippen molar-refractivity contribution in [3.63, 3.8) is 0 Å². The molecule has 1 heterocycles. The number of aromatic nitrogens is 1. The van der Waals surface area contributed by atoms with Crippen LogP contribution < -0.4 is 4.74 Å². The van der Waals surface area contributed by atoms with Crippen LogP contribution in [0.2, 0.25) is 0 Å². The van der Waals surface area contributed by atoms with E-state index in [9.17, 15) is 5.11 Å². The lowest BCUT2D eigenvalue weighted by Crippen LogP contribution is -1.86. The Balaban J connectivity index is 2.02.